The quantitative estimate of drug-likeness (QED) is 0.187. The predicted molar refractivity (Wildman–Crippen MR) is 160 cm³/mol. The predicted octanol–water partition coefficient (Wildman–Crippen LogP) is 9.06. The van der Waals surface area contributed by atoms with Crippen molar-refractivity contribution in [1.82, 2.24) is 4.90 Å². The molecule has 0 N–H and O–H groups in total. The molecule has 4 aliphatic rings. The highest BCUT2D eigenvalue weighted by molar-refractivity contribution is 5.69. The van der Waals surface area contributed by atoms with E-state index in [2.05, 4.69) is 59.4 Å². The molecule has 3 saturated carbocycles. The second kappa shape index (κ2) is 12.8. The van der Waals surface area contributed by atoms with Crippen LogP contribution in [0.15, 0.2) is 11.6 Å². The molecule has 4 aliphatic carbocycles. The summed E-state index contributed by atoms with van der Waals surface area (Å²) in [4.78, 5) is 15.0. The van der Waals surface area contributed by atoms with Gasteiger partial charge in [-0.15, -0.1) is 0 Å². The van der Waals surface area contributed by atoms with E-state index in [0.29, 0.717) is 17.3 Å². The van der Waals surface area contributed by atoms with Crippen LogP contribution in [0.3, 0.4) is 0 Å². The van der Waals surface area contributed by atoms with Gasteiger partial charge >= 0.3 is 5.97 Å². The third-order valence-electron chi connectivity index (χ3n) is 12.3. The fourth-order valence-corrected chi connectivity index (χ4v) is 9.98. The number of hydrogen-bond donors (Lipinski definition) is 0. The van der Waals surface area contributed by atoms with Crippen LogP contribution in [0, 0.1) is 46.3 Å². The Morgan fingerprint density at radius 3 is 2.47 bits per heavy atom. The summed E-state index contributed by atoms with van der Waals surface area (Å²) in [6, 6.07) is 0. The van der Waals surface area contributed by atoms with Crippen molar-refractivity contribution < 1.29 is 9.53 Å². The summed E-state index contributed by atoms with van der Waals surface area (Å²) in [5, 5.41) is 0. The summed E-state index contributed by atoms with van der Waals surface area (Å²) in [7, 11) is 0. The van der Waals surface area contributed by atoms with E-state index in [4.69, 9.17) is 4.74 Å². The Balaban J connectivity index is 1.34. The summed E-state index contributed by atoms with van der Waals surface area (Å²) >= 11 is 0. The molecule has 4 rings (SSSR count). The first-order valence-corrected chi connectivity index (χ1v) is 16.7. The maximum atomic E-state index is 12.6. The molecule has 0 spiro atoms. The zero-order valence-corrected chi connectivity index (χ0v) is 26.2. The fourth-order valence-electron chi connectivity index (χ4n) is 9.98. The number of carbonyl (C=O) groups is 1. The number of rotatable bonds is 12. The number of allylic oxidation sites excluding steroid dienone is 1. The van der Waals surface area contributed by atoms with Crippen LogP contribution in [0.2, 0.25) is 0 Å². The first-order chi connectivity index (χ1) is 18.1. The lowest BCUT2D eigenvalue weighted by Crippen LogP contribution is -2.51. The molecule has 0 heterocycles. The molecule has 0 bridgehead atoms. The van der Waals surface area contributed by atoms with E-state index in [9.17, 15) is 4.79 Å². The Hall–Kier alpha value is -0.830. The number of hydrogen-bond acceptors (Lipinski definition) is 3. The number of esters is 1. The van der Waals surface area contributed by atoms with Gasteiger partial charge in [-0.1, -0.05) is 79.4 Å². The molecule has 218 valence electrons. The van der Waals surface area contributed by atoms with Gasteiger partial charge in [0.05, 0.1) is 0 Å². The van der Waals surface area contributed by atoms with Gasteiger partial charge in [0.2, 0.25) is 0 Å². The van der Waals surface area contributed by atoms with Crippen molar-refractivity contribution in [2.75, 3.05) is 19.6 Å². The first-order valence-electron chi connectivity index (χ1n) is 16.7. The van der Waals surface area contributed by atoms with Crippen molar-refractivity contribution in [2.45, 2.75) is 138 Å². The fraction of sp³-hybridized carbons (Fsp3) is 0.914. The van der Waals surface area contributed by atoms with Crippen LogP contribution >= 0.6 is 0 Å². The maximum Gasteiger partial charge on any atom is 0.306 e. The smallest absolute Gasteiger partial charge is 0.306 e. The van der Waals surface area contributed by atoms with Crippen molar-refractivity contribution in [3.63, 3.8) is 0 Å². The van der Waals surface area contributed by atoms with Crippen molar-refractivity contribution in [2.24, 2.45) is 46.3 Å². The summed E-state index contributed by atoms with van der Waals surface area (Å²) in [5.74, 6) is 5.28. The summed E-state index contributed by atoms with van der Waals surface area (Å²) in [6.45, 7) is 20.1. The molecule has 3 heteroatoms. The molecule has 0 aliphatic heterocycles. The largest absolute Gasteiger partial charge is 0.462 e. The van der Waals surface area contributed by atoms with Crippen LogP contribution in [0.25, 0.3) is 0 Å². The minimum atomic E-state index is 0.0213. The second-order valence-corrected chi connectivity index (χ2v) is 14.8. The average Bonchev–Trinajstić information content (AvgIpc) is 3.24. The highest BCUT2D eigenvalue weighted by Crippen LogP contribution is 2.67. The Morgan fingerprint density at radius 2 is 1.76 bits per heavy atom. The molecule has 3 nitrogen and oxygen atoms in total. The van der Waals surface area contributed by atoms with E-state index >= 15 is 0 Å². The van der Waals surface area contributed by atoms with Crippen molar-refractivity contribution >= 4 is 5.97 Å². The van der Waals surface area contributed by atoms with Crippen LogP contribution in [-0.4, -0.2) is 36.6 Å². The number of ether oxygens (including phenoxy) is 1. The third-order valence-corrected chi connectivity index (χ3v) is 12.3. The zero-order chi connectivity index (χ0) is 27.5. The number of fused-ring (bicyclic) bond motifs is 5. The number of nitrogens with zero attached hydrogens (tertiary/aromatic N) is 1. The lowest BCUT2D eigenvalue weighted by Gasteiger charge is -2.58. The lowest BCUT2D eigenvalue weighted by atomic mass is 9.47. The minimum Gasteiger partial charge on any atom is -0.462 e. The highest BCUT2D eigenvalue weighted by Gasteiger charge is 2.59. The van der Waals surface area contributed by atoms with E-state index in [-0.39, 0.29) is 12.1 Å². The van der Waals surface area contributed by atoms with E-state index in [1.165, 1.54) is 57.8 Å². The molecule has 8 atom stereocenters. The average molecular weight is 528 g/mol. The monoisotopic (exact) mass is 527 g/mol. The summed E-state index contributed by atoms with van der Waals surface area (Å²) < 4.78 is 6.04. The summed E-state index contributed by atoms with van der Waals surface area (Å²) in [5.41, 5.74) is 2.51. The van der Waals surface area contributed by atoms with Gasteiger partial charge in [-0.3, -0.25) is 4.79 Å². The Labute approximate surface area is 235 Å². The van der Waals surface area contributed by atoms with Crippen LogP contribution in [0.5, 0.6) is 0 Å². The van der Waals surface area contributed by atoms with Crippen molar-refractivity contribution in [3.05, 3.63) is 11.6 Å². The molecule has 0 unspecified atom stereocenters. The topological polar surface area (TPSA) is 29.5 Å². The van der Waals surface area contributed by atoms with Crippen molar-refractivity contribution in [1.29, 1.82) is 0 Å². The van der Waals surface area contributed by atoms with Gasteiger partial charge in [-0.05, 0) is 117 Å². The molecule has 0 aromatic heterocycles. The summed E-state index contributed by atoms with van der Waals surface area (Å²) in [6.07, 6.45) is 18.7. The third kappa shape index (κ3) is 6.23. The van der Waals surface area contributed by atoms with E-state index in [1.54, 1.807) is 5.57 Å². The SMILES string of the molecule is CCN(CC)CCCC(=O)O[C@H]1CC[C@@]2(C)C(=CC[C@H]3[C@@H]4CC[C@H]([C@H](C)CCCC(C)C)[C@@]4(C)CC[C@@H]32)C1. The van der Waals surface area contributed by atoms with E-state index < -0.39 is 0 Å². The van der Waals surface area contributed by atoms with Crippen LogP contribution < -0.4 is 0 Å². The Bertz CT molecular complexity index is 815. The minimum absolute atomic E-state index is 0.0213. The lowest BCUT2D eigenvalue weighted by molar-refractivity contribution is -0.151. The van der Waals surface area contributed by atoms with Gasteiger partial charge < -0.3 is 9.64 Å². The van der Waals surface area contributed by atoms with Gasteiger partial charge in [0.15, 0.2) is 0 Å². The van der Waals surface area contributed by atoms with E-state index in [0.717, 1.165) is 74.4 Å². The molecular weight excluding hydrogens is 466 g/mol. The molecule has 0 saturated heterocycles. The molecule has 0 aromatic rings. The second-order valence-electron chi connectivity index (χ2n) is 14.8. The van der Waals surface area contributed by atoms with E-state index in [1.807, 2.05) is 0 Å². The first kappa shape index (κ1) is 30.1. The van der Waals surface area contributed by atoms with Crippen LogP contribution in [0.4, 0.5) is 0 Å². The number of carbonyl (C=O) groups excluding carboxylic acids is 1. The normalized spacial score (nSPS) is 37.4. The van der Waals surface area contributed by atoms with Crippen LogP contribution in [-0.2, 0) is 9.53 Å². The molecule has 0 amide bonds. The van der Waals surface area contributed by atoms with Gasteiger partial charge in [0.1, 0.15) is 6.10 Å². The molecule has 0 aromatic carbocycles. The van der Waals surface area contributed by atoms with Gasteiger partial charge in [0.25, 0.3) is 0 Å². The highest BCUT2D eigenvalue weighted by atomic mass is 16.5. The van der Waals surface area contributed by atoms with Gasteiger partial charge in [-0.25, -0.2) is 0 Å². The van der Waals surface area contributed by atoms with Crippen molar-refractivity contribution in [3.8, 4) is 0 Å². The standard InChI is InChI=1S/C35H61NO2/c1-8-36(9-2)23-11-14-33(37)38-28-19-21-34(6)27(24-28)15-16-29-31-18-17-30(26(5)13-10-12-25(3)4)35(31,7)22-20-32(29)34/h15,25-26,28-32H,8-14,16-24H2,1-7H3/t26-,28+,29+,30-,31+,32+,34+,35-/m1/s1. The van der Waals surface area contributed by atoms with Gasteiger partial charge in [-0.2, -0.15) is 0 Å². The van der Waals surface area contributed by atoms with Gasteiger partial charge in [0, 0.05) is 12.8 Å². The molecule has 0 radical (unpaired) electrons. The molecule has 3 fully saturated rings. The zero-order valence-electron chi connectivity index (χ0n) is 26.2. The Kier molecular flexibility index (Phi) is 10.1. The molecule has 38 heavy (non-hydrogen) atoms. The Morgan fingerprint density at radius 1 is 1.00 bits per heavy atom. The molecular formula is C35H61NO2. The maximum absolute atomic E-state index is 12.6. The van der Waals surface area contributed by atoms with Crippen LogP contribution in [0.1, 0.15) is 132 Å².